The molecular weight excluding hydrogens is 388 g/mol. The van der Waals surface area contributed by atoms with Crippen molar-refractivity contribution in [2.45, 2.75) is 38.3 Å². The highest BCUT2D eigenvalue weighted by Crippen LogP contribution is 2.25. The third-order valence-electron chi connectivity index (χ3n) is 6.74. The monoisotopic (exact) mass is 430 g/mol. The van der Waals surface area contributed by atoms with E-state index in [-0.39, 0.29) is 0 Å². The van der Waals surface area contributed by atoms with Gasteiger partial charge in [0.15, 0.2) is 5.96 Å². The Morgan fingerprint density at radius 3 is 2.19 bits per heavy atom. The largest absolute Gasteiger partial charge is 0.497 e. The fourth-order valence-corrected chi connectivity index (χ4v) is 4.56. The van der Waals surface area contributed by atoms with Crippen LogP contribution in [0.4, 0.5) is 0 Å². The summed E-state index contributed by atoms with van der Waals surface area (Å²) in [6.07, 6.45) is 3.90. The molecule has 7 heteroatoms. The molecule has 2 atom stereocenters. The summed E-state index contributed by atoms with van der Waals surface area (Å²) in [4.78, 5) is 12.1. The van der Waals surface area contributed by atoms with Crippen molar-refractivity contribution in [3.8, 4) is 5.75 Å². The maximum atomic E-state index is 5.36. The van der Waals surface area contributed by atoms with Crippen molar-refractivity contribution in [1.29, 1.82) is 0 Å². The van der Waals surface area contributed by atoms with Gasteiger partial charge in [0, 0.05) is 52.4 Å². The first kappa shape index (κ1) is 23.8. The summed E-state index contributed by atoms with van der Waals surface area (Å²) in [6.45, 7) is 10.9. The minimum absolute atomic E-state index is 0.333. The van der Waals surface area contributed by atoms with Crippen LogP contribution >= 0.6 is 0 Å². The lowest BCUT2D eigenvalue weighted by molar-refractivity contribution is 0.120. The molecule has 1 aromatic rings. The van der Waals surface area contributed by atoms with Crippen molar-refractivity contribution in [3.63, 3.8) is 0 Å². The molecule has 0 aromatic heterocycles. The van der Waals surface area contributed by atoms with Crippen LogP contribution in [0.2, 0.25) is 0 Å². The standard InChI is InChI=1S/C24H42N6O/c1-20(29-16-14-28(3)15-17-29)18-26-24(25-2)27-19-23(30-12-6-5-7-13-30)21-8-10-22(31-4)11-9-21/h8-11,20,23H,5-7,12-19H2,1-4H3,(H2,25,26,27). The molecule has 1 aromatic carbocycles. The van der Waals surface area contributed by atoms with Crippen LogP contribution in [0.1, 0.15) is 37.8 Å². The van der Waals surface area contributed by atoms with E-state index in [9.17, 15) is 0 Å². The number of nitrogens with one attached hydrogen (secondary N) is 2. The van der Waals surface area contributed by atoms with Gasteiger partial charge in [-0.25, -0.2) is 0 Å². The number of nitrogens with zero attached hydrogens (tertiary/aromatic N) is 4. The van der Waals surface area contributed by atoms with E-state index in [1.807, 2.05) is 7.05 Å². The maximum absolute atomic E-state index is 5.36. The average Bonchev–Trinajstić information content (AvgIpc) is 2.82. The van der Waals surface area contributed by atoms with Gasteiger partial charge in [0.25, 0.3) is 0 Å². The molecule has 174 valence electrons. The number of methoxy groups -OCH3 is 1. The van der Waals surface area contributed by atoms with E-state index in [1.165, 1.54) is 24.8 Å². The molecule has 2 saturated heterocycles. The third kappa shape index (κ3) is 7.09. The summed E-state index contributed by atoms with van der Waals surface area (Å²) in [5, 5.41) is 7.15. The zero-order valence-corrected chi connectivity index (χ0v) is 19.9. The number of guanidine groups is 1. The lowest BCUT2D eigenvalue weighted by Gasteiger charge is -2.37. The number of likely N-dealkylation sites (tertiary alicyclic amines) is 1. The minimum atomic E-state index is 0.333. The van der Waals surface area contributed by atoms with E-state index in [0.717, 1.165) is 64.1 Å². The molecule has 0 aliphatic carbocycles. The molecule has 2 heterocycles. The summed E-state index contributed by atoms with van der Waals surface area (Å²) in [6, 6.07) is 9.36. The van der Waals surface area contributed by atoms with Crippen molar-refractivity contribution >= 4 is 5.96 Å². The van der Waals surface area contributed by atoms with Gasteiger partial charge in [-0.15, -0.1) is 0 Å². The average molecular weight is 431 g/mol. The SMILES string of the molecule is CN=C(NCC(C)N1CCN(C)CC1)NCC(c1ccc(OC)cc1)N1CCCCC1. The normalized spacial score (nSPS) is 21.5. The summed E-state index contributed by atoms with van der Waals surface area (Å²) >= 11 is 0. The number of aliphatic imine (C=N–C) groups is 1. The Morgan fingerprint density at radius 2 is 1.58 bits per heavy atom. The van der Waals surface area contributed by atoms with Crippen LogP contribution in [0.3, 0.4) is 0 Å². The van der Waals surface area contributed by atoms with Gasteiger partial charge in [0.1, 0.15) is 5.75 Å². The fraction of sp³-hybridized carbons (Fsp3) is 0.708. The summed E-state index contributed by atoms with van der Waals surface area (Å²) in [5.41, 5.74) is 1.33. The van der Waals surface area contributed by atoms with Crippen LogP contribution in [0.25, 0.3) is 0 Å². The number of likely N-dealkylation sites (N-methyl/N-ethyl adjacent to an activating group) is 1. The Morgan fingerprint density at radius 1 is 0.935 bits per heavy atom. The smallest absolute Gasteiger partial charge is 0.191 e. The Labute approximate surface area is 188 Å². The molecule has 2 unspecified atom stereocenters. The Bertz CT molecular complexity index is 665. The second-order valence-corrected chi connectivity index (χ2v) is 8.91. The van der Waals surface area contributed by atoms with Crippen LogP contribution in [-0.4, -0.2) is 100 Å². The highest BCUT2D eigenvalue weighted by atomic mass is 16.5. The number of piperidine rings is 1. The number of rotatable bonds is 8. The number of hydrogen-bond acceptors (Lipinski definition) is 5. The van der Waals surface area contributed by atoms with E-state index in [4.69, 9.17) is 4.74 Å². The highest BCUT2D eigenvalue weighted by Gasteiger charge is 2.23. The predicted molar refractivity (Wildman–Crippen MR) is 129 cm³/mol. The maximum Gasteiger partial charge on any atom is 0.191 e. The van der Waals surface area contributed by atoms with Crippen LogP contribution < -0.4 is 15.4 Å². The van der Waals surface area contributed by atoms with Crippen molar-refractivity contribution in [1.82, 2.24) is 25.3 Å². The van der Waals surface area contributed by atoms with Gasteiger partial charge in [0.2, 0.25) is 0 Å². The van der Waals surface area contributed by atoms with Crippen molar-refractivity contribution in [2.75, 3.05) is 73.6 Å². The van der Waals surface area contributed by atoms with Gasteiger partial charge < -0.3 is 20.3 Å². The van der Waals surface area contributed by atoms with Gasteiger partial charge in [0.05, 0.1) is 13.2 Å². The zero-order valence-electron chi connectivity index (χ0n) is 19.9. The second-order valence-electron chi connectivity index (χ2n) is 8.91. The zero-order chi connectivity index (χ0) is 22.1. The Hall–Kier alpha value is -1.83. The van der Waals surface area contributed by atoms with Crippen molar-refractivity contribution in [3.05, 3.63) is 29.8 Å². The molecule has 2 aliphatic heterocycles. The number of ether oxygens (including phenoxy) is 1. The van der Waals surface area contributed by atoms with Crippen LogP contribution in [0.15, 0.2) is 29.3 Å². The van der Waals surface area contributed by atoms with Crippen LogP contribution in [0.5, 0.6) is 5.75 Å². The van der Waals surface area contributed by atoms with Gasteiger partial charge >= 0.3 is 0 Å². The van der Waals surface area contributed by atoms with E-state index in [2.05, 4.69) is 68.6 Å². The molecule has 31 heavy (non-hydrogen) atoms. The lowest BCUT2D eigenvalue weighted by atomic mass is 10.0. The minimum Gasteiger partial charge on any atom is -0.497 e. The molecule has 0 bridgehead atoms. The molecule has 0 amide bonds. The van der Waals surface area contributed by atoms with Crippen molar-refractivity contribution in [2.24, 2.45) is 4.99 Å². The lowest BCUT2D eigenvalue weighted by Crippen LogP contribution is -2.52. The molecule has 3 rings (SSSR count). The van der Waals surface area contributed by atoms with Gasteiger partial charge in [-0.05, 0) is 57.6 Å². The van der Waals surface area contributed by atoms with E-state index < -0.39 is 0 Å². The summed E-state index contributed by atoms with van der Waals surface area (Å²) in [7, 11) is 5.78. The molecule has 2 fully saturated rings. The van der Waals surface area contributed by atoms with Crippen LogP contribution in [-0.2, 0) is 0 Å². The number of benzene rings is 1. The van der Waals surface area contributed by atoms with E-state index >= 15 is 0 Å². The predicted octanol–water partition coefficient (Wildman–Crippen LogP) is 2.02. The molecule has 7 nitrogen and oxygen atoms in total. The Balaban J connectivity index is 1.55. The molecule has 2 N–H and O–H groups in total. The molecular formula is C24H42N6O. The summed E-state index contributed by atoms with van der Waals surface area (Å²) in [5.74, 6) is 1.79. The molecule has 0 spiro atoms. The van der Waals surface area contributed by atoms with Gasteiger partial charge in [-0.3, -0.25) is 14.8 Å². The molecule has 0 radical (unpaired) electrons. The molecule has 0 saturated carbocycles. The van der Waals surface area contributed by atoms with E-state index in [1.54, 1.807) is 7.11 Å². The summed E-state index contributed by atoms with van der Waals surface area (Å²) < 4.78 is 5.36. The third-order valence-corrected chi connectivity index (χ3v) is 6.74. The van der Waals surface area contributed by atoms with E-state index in [0.29, 0.717) is 12.1 Å². The Kier molecular flexibility index (Phi) is 9.43. The second kappa shape index (κ2) is 12.3. The number of piperazine rings is 1. The first-order valence-corrected chi connectivity index (χ1v) is 11.9. The van der Waals surface area contributed by atoms with Gasteiger partial charge in [-0.2, -0.15) is 0 Å². The van der Waals surface area contributed by atoms with Crippen LogP contribution in [0, 0.1) is 0 Å². The van der Waals surface area contributed by atoms with Gasteiger partial charge in [-0.1, -0.05) is 18.6 Å². The fourth-order valence-electron chi connectivity index (χ4n) is 4.56. The highest BCUT2D eigenvalue weighted by molar-refractivity contribution is 5.79. The quantitative estimate of drug-likeness (QED) is 0.486. The first-order valence-electron chi connectivity index (χ1n) is 11.9. The number of hydrogen-bond donors (Lipinski definition) is 2. The van der Waals surface area contributed by atoms with Crippen molar-refractivity contribution < 1.29 is 4.74 Å². The molecule has 2 aliphatic rings. The first-order chi connectivity index (χ1) is 15.1. The topological polar surface area (TPSA) is 55.4 Å².